The van der Waals surface area contributed by atoms with Gasteiger partial charge in [0.25, 0.3) is 0 Å². The van der Waals surface area contributed by atoms with Crippen LogP contribution >= 0.6 is 0 Å². The minimum atomic E-state index is -0.408. The number of fused-ring (bicyclic) bond motifs is 1. The van der Waals surface area contributed by atoms with Crippen LogP contribution in [0.5, 0.6) is 0 Å². The van der Waals surface area contributed by atoms with Gasteiger partial charge in [-0.2, -0.15) is 0 Å². The molecule has 0 atom stereocenters. The second kappa shape index (κ2) is 6.48. The Labute approximate surface area is 143 Å². The zero-order valence-electron chi connectivity index (χ0n) is 15.0. The first kappa shape index (κ1) is 16.8. The summed E-state index contributed by atoms with van der Waals surface area (Å²) < 4.78 is 10.6. The van der Waals surface area contributed by atoms with Crippen molar-refractivity contribution in [3.05, 3.63) is 30.0 Å². The number of carbonyl (C=O) groups excluding carboxylic acids is 1. The molecular formula is C19H26N2O3. The summed E-state index contributed by atoms with van der Waals surface area (Å²) in [6.45, 7) is 13.0. The number of furan rings is 1. The minimum absolute atomic E-state index is 0.217. The summed E-state index contributed by atoms with van der Waals surface area (Å²) in [5, 5.41) is 0.939. The van der Waals surface area contributed by atoms with Crippen LogP contribution in [0.3, 0.4) is 0 Å². The number of carbonyl (C=O) groups is 1. The number of esters is 1. The van der Waals surface area contributed by atoms with Crippen LogP contribution in [0.4, 0.5) is 5.69 Å². The zero-order valence-corrected chi connectivity index (χ0v) is 15.0. The molecule has 1 fully saturated rings. The predicted molar refractivity (Wildman–Crippen MR) is 95.7 cm³/mol. The van der Waals surface area contributed by atoms with E-state index in [0.29, 0.717) is 6.61 Å². The molecule has 0 N–H and O–H groups in total. The highest BCUT2D eigenvalue weighted by molar-refractivity contribution is 5.93. The Morgan fingerprint density at radius 3 is 2.50 bits per heavy atom. The third-order valence-corrected chi connectivity index (χ3v) is 4.57. The normalized spacial score (nSPS) is 16.6. The lowest BCUT2D eigenvalue weighted by atomic mass is 10.0. The minimum Gasteiger partial charge on any atom is -0.460 e. The lowest BCUT2D eigenvalue weighted by molar-refractivity contribution is 0.0492. The maximum atomic E-state index is 11.8. The Hall–Kier alpha value is -2.01. The van der Waals surface area contributed by atoms with Crippen molar-refractivity contribution in [1.29, 1.82) is 0 Å². The third kappa shape index (κ3) is 3.41. The van der Waals surface area contributed by atoms with Gasteiger partial charge in [0, 0.05) is 42.8 Å². The second-order valence-corrected chi connectivity index (χ2v) is 7.20. The highest BCUT2D eigenvalue weighted by Crippen LogP contribution is 2.27. The van der Waals surface area contributed by atoms with Gasteiger partial charge in [0.1, 0.15) is 5.58 Å². The fraction of sp³-hybridized carbons (Fsp3) is 0.526. The fourth-order valence-corrected chi connectivity index (χ4v) is 3.17. The lowest BCUT2D eigenvalue weighted by Gasteiger charge is -2.43. The lowest BCUT2D eigenvalue weighted by Crippen LogP contribution is -2.53. The quantitative estimate of drug-likeness (QED) is 0.806. The number of benzene rings is 1. The second-order valence-electron chi connectivity index (χ2n) is 7.20. The maximum Gasteiger partial charge on any atom is 0.374 e. The van der Waals surface area contributed by atoms with Crippen LogP contribution in [0.2, 0.25) is 0 Å². The largest absolute Gasteiger partial charge is 0.460 e. The summed E-state index contributed by atoms with van der Waals surface area (Å²) in [6, 6.07) is 7.85. The average molecular weight is 330 g/mol. The van der Waals surface area contributed by atoms with Gasteiger partial charge in [0.15, 0.2) is 0 Å². The highest BCUT2D eigenvalue weighted by atomic mass is 16.5. The Morgan fingerprint density at radius 1 is 1.17 bits per heavy atom. The molecule has 1 aliphatic rings. The molecule has 130 valence electrons. The monoisotopic (exact) mass is 330 g/mol. The van der Waals surface area contributed by atoms with Crippen molar-refractivity contribution in [2.45, 2.75) is 33.2 Å². The molecule has 0 radical (unpaired) electrons. The molecule has 3 rings (SSSR count). The van der Waals surface area contributed by atoms with Crippen molar-refractivity contribution in [1.82, 2.24) is 4.90 Å². The summed E-state index contributed by atoms with van der Waals surface area (Å²) in [7, 11) is 0. The van der Waals surface area contributed by atoms with E-state index in [1.807, 2.05) is 6.07 Å². The topological polar surface area (TPSA) is 45.9 Å². The van der Waals surface area contributed by atoms with E-state index in [9.17, 15) is 4.79 Å². The van der Waals surface area contributed by atoms with E-state index in [4.69, 9.17) is 9.15 Å². The SMILES string of the molecule is CCOC(=O)c1cc2cc(N3CCN(C(C)(C)C)CC3)ccc2o1. The van der Waals surface area contributed by atoms with Crippen molar-refractivity contribution in [3.8, 4) is 0 Å². The highest BCUT2D eigenvalue weighted by Gasteiger charge is 2.26. The standard InChI is InChI=1S/C19H26N2O3/c1-5-23-18(22)17-13-14-12-15(6-7-16(14)24-17)20-8-10-21(11-9-20)19(2,3)4/h6-7,12-13H,5,8-11H2,1-4H3. The van der Waals surface area contributed by atoms with Crippen LogP contribution < -0.4 is 4.90 Å². The molecule has 1 aromatic carbocycles. The van der Waals surface area contributed by atoms with Crippen LogP contribution in [-0.4, -0.2) is 49.2 Å². The Balaban J connectivity index is 1.75. The number of ether oxygens (including phenoxy) is 1. The first-order chi connectivity index (χ1) is 11.4. The molecular weight excluding hydrogens is 304 g/mol. The Kier molecular flexibility index (Phi) is 4.54. The molecule has 5 nitrogen and oxygen atoms in total. The molecule has 0 spiro atoms. The average Bonchev–Trinajstić information content (AvgIpc) is 2.97. The molecule has 2 aromatic rings. The van der Waals surface area contributed by atoms with Crippen LogP contribution in [-0.2, 0) is 4.74 Å². The summed E-state index contributed by atoms with van der Waals surface area (Å²) in [5.41, 5.74) is 2.11. The van der Waals surface area contributed by atoms with Crippen molar-refractivity contribution >= 4 is 22.6 Å². The van der Waals surface area contributed by atoms with E-state index in [-0.39, 0.29) is 11.3 Å². The zero-order chi connectivity index (χ0) is 17.3. The molecule has 0 amide bonds. The van der Waals surface area contributed by atoms with Gasteiger partial charge in [-0.3, -0.25) is 4.90 Å². The number of anilines is 1. The van der Waals surface area contributed by atoms with Gasteiger partial charge in [0.05, 0.1) is 6.61 Å². The van der Waals surface area contributed by atoms with Gasteiger partial charge < -0.3 is 14.1 Å². The summed E-state index contributed by atoms with van der Waals surface area (Å²) in [4.78, 5) is 16.7. The van der Waals surface area contributed by atoms with Crippen molar-refractivity contribution < 1.29 is 13.9 Å². The molecule has 1 aliphatic heterocycles. The summed E-state index contributed by atoms with van der Waals surface area (Å²) in [5.74, 6) is -0.143. The van der Waals surface area contributed by atoms with E-state index >= 15 is 0 Å². The predicted octanol–water partition coefficient (Wildman–Crippen LogP) is 3.53. The van der Waals surface area contributed by atoms with Crippen LogP contribution in [0, 0.1) is 0 Å². The molecule has 0 aliphatic carbocycles. The van der Waals surface area contributed by atoms with Gasteiger partial charge in [-0.1, -0.05) is 0 Å². The molecule has 0 unspecified atom stereocenters. The van der Waals surface area contributed by atoms with Crippen molar-refractivity contribution in [2.24, 2.45) is 0 Å². The van der Waals surface area contributed by atoms with E-state index in [2.05, 4.69) is 42.7 Å². The Morgan fingerprint density at radius 2 is 1.88 bits per heavy atom. The molecule has 1 saturated heterocycles. The van der Waals surface area contributed by atoms with Crippen molar-refractivity contribution in [3.63, 3.8) is 0 Å². The molecule has 0 saturated carbocycles. The molecule has 5 heteroatoms. The van der Waals surface area contributed by atoms with Gasteiger partial charge in [0.2, 0.25) is 5.76 Å². The van der Waals surface area contributed by atoms with Gasteiger partial charge >= 0.3 is 5.97 Å². The van der Waals surface area contributed by atoms with Gasteiger partial charge in [-0.25, -0.2) is 4.79 Å². The van der Waals surface area contributed by atoms with Crippen LogP contribution in [0.15, 0.2) is 28.7 Å². The Bertz CT molecular complexity index is 722. The fourth-order valence-electron chi connectivity index (χ4n) is 3.17. The molecule has 2 heterocycles. The maximum absolute atomic E-state index is 11.8. The van der Waals surface area contributed by atoms with Gasteiger partial charge in [-0.05, 0) is 52.0 Å². The van der Waals surface area contributed by atoms with Crippen molar-refractivity contribution in [2.75, 3.05) is 37.7 Å². The summed E-state index contributed by atoms with van der Waals surface area (Å²) in [6.07, 6.45) is 0. The summed E-state index contributed by atoms with van der Waals surface area (Å²) >= 11 is 0. The molecule has 0 bridgehead atoms. The molecule has 1 aromatic heterocycles. The van der Waals surface area contributed by atoms with Gasteiger partial charge in [-0.15, -0.1) is 0 Å². The number of hydrogen-bond acceptors (Lipinski definition) is 5. The number of rotatable bonds is 3. The van der Waals surface area contributed by atoms with E-state index in [1.165, 1.54) is 5.69 Å². The number of hydrogen-bond donors (Lipinski definition) is 0. The smallest absolute Gasteiger partial charge is 0.374 e. The van der Waals surface area contributed by atoms with E-state index in [1.54, 1.807) is 13.0 Å². The molecule has 24 heavy (non-hydrogen) atoms. The van der Waals surface area contributed by atoms with Crippen LogP contribution in [0.25, 0.3) is 11.0 Å². The van der Waals surface area contributed by atoms with Crippen LogP contribution in [0.1, 0.15) is 38.2 Å². The number of piperazine rings is 1. The van der Waals surface area contributed by atoms with E-state index in [0.717, 1.165) is 37.1 Å². The number of nitrogens with zero attached hydrogens (tertiary/aromatic N) is 2. The first-order valence-corrected chi connectivity index (χ1v) is 8.59. The third-order valence-electron chi connectivity index (χ3n) is 4.57. The first-order valence-electron chi connectivity index (χ1n) is 8.59. The van der Waals surface area contributed by atoms with E-state index < -0.39 is 5.97 Å².